The van der Waals surface area contributed by atoms with Crippen LogP contribution in [0.15, 0.2) is 16.4 Å². The van der Waals surface area contributed by atoms with E-state index in [-0.39, 0.29) is 5.91 Å². The highest BCUT2D eigenvalue weighted by Gasteiger charge is 2.24. The van der Waals surface area contributed by atoms with Crippen molar-refractivity contribution < 1.29 is 4.79 Å². The van der Waals surface area contributed by atoms with E-state index in [9.17, 15) is 4.79 Å². The maximum Gasteiger partial charge on any atom is 0.273 e. The normalized spacial score (nSPS) is 18.0. The first-order valence-electron chi connectivity index (χ1n) is 7.01. The Balaban J connectivity index is 1.76. The molecule has 0 saturated carbocycles. The third-order valence-electron chi connectivity index (χ3n) is 3.76. The molecule has 7 heteroatoms. The van der Waals surface area contributed by atoms with Crippen molar-refractivity contribution in [1.82, 2.24) is 20.2 Å². The van der Waals surface area contributed by atoms with E-state index in [0.717, 1.165) is 36.6 Å². The number of hydrogen-bond acceptors (Lipinski definition) is 6. The smallest absolute Gasteiger partial charge is 0.273 e. The summed E-state index contributed by atoms with van der Waals surface area (Å²) in [6, 6.07) is 0. The molecule has 3 rings (SSSR count). The van der Waals surface area contributed by atoms with Gasteiger partial charge in [0.25, 0.3) is 5.91 Å². The summed E-state index contributed by atoms with van der Waals surface area (Å²) in [5.74, 6) is 0.553. The molecule has 3 heterocycles. The van der Waals surface area contributed by atoms with Crippen molar-refractivity contribution in [2.24, 2.45) is 5.92 Å². The van der Waals surface area contributed by atoms with E-state index >= 15 is 0 Å². The van der Waals surface area contributed by atoms with Gasteiger partial charge in [0.05, 0.1) is 23.3 Å². The Bertz CT molecular complexity index is 590. The summed E-state index contributed by atoms with van der Waals surface area (Å²) < 4.78 is 0. The number of hydrogen-bond donors (Lipinski definition) is 1. The molecular formula is C14H18N4OS2. The molecule has 5 nitrogen and oxygen atoms in total. The number of rotatable bonds is 5. The van der Waals surface area contributed by atoms with Crippen LogP contribution in [0.4, 0.5) is 0 Å². The molecular weight excluding hydrogens is 304 g/mol. The molecule has 0 unspecified atom stereocenters. The van der Waals surface area contributed by atoms with Crippen LogP contribution in [-0.2, 0) is 6.54 Å². The van der Waals surface area contributed by atoms with Crippen molar-refractivity contribution >= 4 is 28.6 Å². The molecule has 1 aliphatic heterocycles. The van der Waals surface area contributed by atoms with E-state index in [4.69, 9.17) is 0 Å². The quantitative estimate of drug-likeness (QED) is 0.916. The Kier molecular flexibility index (Phi) is 4.62. The fourth-order valence-corrected chi connectivity index (χ4v) is 3.85. The van der Waals surface area contributed by atoms with Crippen LogP contribution in [0.3, 0.4) is 0 Å². The van der Waals surface area contributed by atoms with Crippen LogP contribution in [0.1, 0.15) is 27.5 Å². The van der Waals surface area contributed by atoms with E-state index in [1.165, 1.54) is 11.3 Å². The van der Waals surface area contributed by atoms with Gasteiger partial charge in [0.1, 0.15) is 5.69 Å². The molecule has 1 amide bonds. The highest BCUT2D eigenvalue weighted by molar-refractivity contribution is 7.09. The van der Waals surface area contributed by atoms with E-state index < -0.39 is 0 Å². The third-order valence-corrected chi connectivity index (χ3v) is 5.27. The summed E-state index contributed by atoms with van der Waals surface area (Å²) in [5, 5.41) is 5.18. The first-order chi connectivity index (χ1) is 10.2. The maximum absolute atomic E-state index is 12.7. The molecule has 0 aromatic carbocycles. The van der Waals surface area contributed by atoms with Crippen LogP contribution in [-0.4, -0.2) is 40.4 Å². The summed E-state index contributed by atoms with van der Waals surface area (Å²) in [6.45, 7) is 5.43. The summed E-state index contributed by atoms with van der Waals surface area (Å²) >= 11 is 3.07. The second-order valence-electron chi connectivity index (χ2n) is 5.28. The van der Waals surface area contributed by atoms with Crippen LogP contribution < -0.4 is 5.32 Å². The van der Waals surface area contributed by atoms with Crippen LogP contribution >= 0.6 is 22.7 Å². The standard InChI is InChI=1S/C14H18N4OS2/c1-10-13(21-9-16-10)6-18(5-11-2-3-15-4-11)14(19)12-7-20-8-17-12/h7-9,11,15H,2-6H2,1H3/t11-/m1/s1. The van der Waals surface area contributed by atoms with Crippen LogP contribution in [0, 0.1) is 12.8 Å². The molecule has 1 saturated heterocycles. The molecule has 0 spiro atoms. The van der Waals surface area contributed by atoms with Crippen molar-refractivity contribution in [3.05, 3.63) is 32.7 Å². The Labute approximate surface area is 132 Å². The van der Waals surface area contributed by atoms with E-state index in [1.807, 2.05) is 22.7 Å². The van der Waals surface area contributed by atoms with Gasteiger partial charge in [0.15, 0.2) is 0 Å². The van der Waals surface area contributed by atoms with Gasteiger partial charge < -0.3 is 10.2 Å². The molecule has 1 aliphatic rings. The van der Waals surface area contributed by atoms with E-state index in [2.05, 4.69) is 15.3 Å². The second-order valence-corrected chi connectivity index (χ2v) is 6.94. The number of aryl methyl sites for hydroxylation is 1. The minimum absolute atomic E-state index is 0.0240. The van der Waals surface area contributed by atoms with Crippen LogP contribution in [0.2, 0.25) is 0 Å². The molecule has 0 radical (unpaired) electrons. The number of nitrogens with one attached hydrogen (secondary N) is 1. The predicted molar refractivity (Wildman–Crippen MR) is 84.7 cm³/mol. The molecule has 2 aromatic heterocycles. The minimum Gasteiger partial charge on any atom is -0.332 e. The van der Waals surface area contributed by atoms with Gasteiger partial charge in [0, 0.05) is 16.8 Å². The number of thiazole rings is 2. The average Bonchev–Trinajstić information content (AvgIpc) is 3.20. The van der Waals surface area contributed by atoms with Crippen molar-refractivity contribution in [2.75, 3.05) is 19.6 Å². The summed E-state index contributed by atoms with van der Waals surface area (Å²) in [4.78, 5) is 24.2. The van der Waals surface area contributed by atoms with E-state index in [1.54, 1.807) is 16.8 Å². The zero-order valence-corrected chi connectivity index (χ0v) is 13.5. The van der Waals surface area contributed by atoms with Gasteiger partial charge in [-0.2, -0.15) is 0 Å². The second kappa shape index (κ2) is 6.64. The van der Waals surface area contributed by atoms with Gasteiger partial charge in [-0.25, -0.2) is 9.97 Å². The van der Waals surface area contributed by atoms with Crippen molar-refractivity contribution in [3.8, 4) is 0 Å². The average molecular weight is 322 g/mol. The molecule has 1 N–H and O–H groups in total. The SMILES string of the molecule is Cc1ncsc1CN(C[C@@H]1CCNC1)C(=O)c1cscn1. The van der Waals surface area contributed by atoms with Gasteiger partial charge in [0.2, 0.25) is 0 Å². The minimum atomic E-state index is 0.0240. The van der Waals surface area contributed by atoms with Gasteiger partial charge >= 0.3 is 0 Å². The first kappa shape index (κ1) is 14.6. The van der Waals surface area contributed by atoms with Crippen molar-refractivity contribution in [3.63, 3.8) is 0 Å². The van der Waals surface area contributed by atoms with Crippen LogP contribution in [0.25, 0.3) is 0 Å². The summed E-state index contributed by atoms with van der Waals surface area (Å²) in [7, 11) is 0. The molecule has 21 heavy (non-hydrogen) atoms. The first-order valence-corrected chi connectivity index (χ1v) is 8.83. The molecule has 2 aromatic rings. The van der Waals surface area contributed by atoms with Gasteiger partial charge in [-0.3, -0.25) is 4.79 Å². The molecule has 0 bridgehead atoms. The number of carbonyl (C=O) groups excluding carboxylic acids is 1. The lowest BCUT2D eigenvalue weighted by molar-refractivity contribution is 0.0715. The lowest BCUT2D eigenvalue weighted by Crippen LogP contribution is -2.35. The Hall–Kier alpha value is -1.31. The predicted octanol–water partition coefficient (Wildman–Crippen LogP) is 2.16. The Morgan fingerprint density at radius 1 is 1.48 bits per heavy atom. The third kappa shape index (κ3) is 3.48. The number of carbonyl (C=O) groups is 1. The number of amides is 1. The highest BCUT2D eigenvalue weighted by atomic mass is 32.1. The van der Waals surface area contributed by atoms with Crippen molar-refractivity contribution in [2.45, 2.75) is 19.9 Å². The van der Waals surface area contributed by atoms with E-state index in [0.29, 0.717) is 18.2 Å². The molecule has 112 valence electrons. The van der Waals surface area contributed by atoms with Gasteiger partial charge in [-0.1, -0.05) is 0 Å². The maximum atomic E-state index is 12.7. The van der Waals surface area contributed by atoms with Crippen molar-refractivity contribution in [1.29, 1.82) is 0 Å². The Morgan fingerprint density at radius 3 is 3.00 bits per heavy atom. The lowest BCUT2D eigenvalue weighted by Gasteiger charge is -2.24. The largest absolute Gasteiger partial charge is 0.332 e. The lowest BCUT2D eigenvalue weighted by atomic mass is 10.1. The summed E-state index contributed by atoms with van der Waals surface area (Å²) in [5.41, 5.74) is 5.11. The summed E-state index contributed by atoms with van der Waals surface area (Å²) in [6.07, 6.45) is 1.13. The fraction of sp³-hybridized carbons (Fsp3) is 0.500. The monoisotopic (exact) mass is 322 g/mol. The zero-order chi connectivity index (χ0) is 14.7. The fourth-order valence-electron chi connectivity index (χ4n) is 2.53. The highest BCUT2D eigenvalue weighted by Crippen LogP contribution is 2.19. The Morgan fingerprint density at radius 2 is 2.38 bits per heavy atom. The molecule has 1 atom stereocenters. The molecule has 0 aliphatic carbocycles. The topological polar surface area (TPSA) is 58.1 Å². The van der Waals surface area contributed by atoms with Gasteiger partial charge in [-0.15, -0.1) is 22.7 Å². The zero-order valence-electron chi connectivity index (χ0n) is 11.9. The van der Waals surface area contributed by atoms with Crippen LogP contribution in [0.5, 0.6) is 0 Å². The van der Waals surface area contributed by atoms with Gasteiger partial charge in [-0.05, 0) is 32.4 Å². The number of nitrogens with zero attached hydrogens (tertiary/aromatic N) is 3. The number of aromatic nitrogens is 2. The molecule has 1 fully saturated rings.